The first kappa shape index (κ1) is 16.9. The summed E-state index contributed by atoms with van der Waals surface area (Å²) in [6, 6.07) is 6.73. The number of rotatable bonds is 5. The van der Waals surface area contributed by atoms with Crippen LogP contribution in [-0.2, 0) is 35.8 Å². The van der Waals surface area contributed by atoms with Gasteiger partial charge in [-0.15, -0.1) is 0 Å². The van der Waals surface area contributed by atoms with Crippen molar-refractivity contribution in [3.8, 4) is 0 Å². The van der Waals surface area contributed by atoms with E-state index in [1.54, 1.807) is 30.2 Å². The highest BCUT2D eigenvalue weighted by Crippen LogP contribution is 2.14. The van der Waals surface area contributed by atoms with E-state index in [4.69, 9.17) is 0 Å². The van der Waals surface area contributed by atoms with Gasteiger partial charge in [0.1, 0.15) is 6.54 Å². The summed E-state index contributed by atoms with van der Waals surface area (Å²) in [5.74, 6) is -0.113. The third-order valence-electron chi connectivity index (χ3n) is 4.19. The second-order valence-electron chi connectivity index (χ2n) is 5.96. The van der Waals surface area contributed by atoms with Crippen molar-refractivity contribution in [1.82, 2.24) is 24.6 Å². The largest absolute Gasteiger partial charge is 0.350 e. The van der Waals surface area contributed by atoms with Crippen LogP contribution in [-0.4, -0.2) is 37.6 Å². The fourth-order valence-electron chi connectivity index (χ4n) is 2.78. The maximum absolute atomic E-state index is 12.5. The predicted octanol–water partition coefficient (Wildman–Crippen LogP) is 0.113. The van der Waals surface area contributed by atoms with Crippen LogP contribution < -0.4 is 10.9 Å². The Kier molecular flexibility index (Phi) is 4.97. The topological polar surface area (TPSA) is 89.2 Å². The molecular weight excluding hydrogens is 322 g/mol. The van der Waals surface area contributed by atoms with Gasteiger partial charge >= 0.3 is 0 Å². The van der Waals surface area contributed by atoms with E-state index in [1.807, 2.05) is 10.7 Å². The molecule has 8 heteroatoms. The summed E-state index contributed by atoms with van der Waals surface area (Å²) in [5.41, 5.74) is 1.53. The number of carbonyl (C=O) groups is 2. The first-order chi connectivity index (χ1) is 12.1. The van der Waals surface area contributed by atoms with Crippen LogP contribution in [0.3, 0.4) is 0 Å². The zero-order valence-electron chi connectivity index (χ0n) is 14.1. The molecule has 0 atom stereocenters. The maximum atomic E-state index is 12.5. The maximum Gasteiger partial charge on any atom is 0.250 e. The molecule has 0 saturated heterocycles. The minimum atomic E-state index is -0.188. The highest BCUT2D eigenvalue weighted by molar-refractivity contribution is 5.76. The normalized spacial score (nSPS) is 13.4. The Morgan fingerprint density at radius 1 is 1.28 bits per heavy atom. The molecule has 0 fully saturated rings. The molecule has 1 aliphatic rings. The predicted molar refractivity (Wildman–Crippen MR) is 90.5 cm³/mol. The lowest BCUT2D eigenvalue weighted by atomic mass is 10.2. The molecule has 25 heavy (non-hydrogen) atoms. The van der Waals surface area contributed by atoms with Gasteiger partial charge in [-0.3, -0.25) is 19.1 Å². The van der Waals surface area contributed by atoms with Gasteiger partial charge in [0.2, 0.25) is 11.8 Å². The molecular formula is C17H21N5O3. The lowest BCUT2D eigenvalue weighted by Crippen LogP contribution is -2.41. The average Bonchev–Trinajstić information content (AvgIpc) is 3.03. The van der Waals surface area contributed by atoms with Crippen LogP contribution in [0.15, 0.2) is 35.3 Å². The first-order valence-electron chi connectivity index (χ1n) is 8.32. The van der Waals surface area contributed by atoms with E-state index in [-0.39, 0.29) is 23.9 Å². The Balaban J connectivity index is 1.63. The highest BCUT2D eigenvalue weighted by Gasteiger charge is 2.22. The number of aromatic nitrogens is 3. The van der Waals surface area contributed by atoms with Crippen molar-refractivity contribution in [2.24, 2.45) is 0 Å². The molecule has 132 valence electrons. The Morgan fingerprint density at radius 3 is 2.88 bits per heavy atom. The summed E-state index contributed by atoms with van der Waals surface area (Å²) in [7, 11) is 0. The molecule has 3 heterocycles. The Labute approximate surface area is 145 Å². The monoisotopic (exact) mass is 343 g/mol. The third-order valence-corrected chi connectivity index (χ3v) is 4.19. The van der Waals surface area contributed by atoms with Gasteiger partial charge in [-0.05, 0) is 12.1 Å². The van der Waals surface area contributed by atoms with Crippen LogP contribution in [0, 0.1) is 0 Å². The van der Waals surface area contributed by atoms with Gasteiger partial charge in [-0.2, -0.15) is 5.10 Å². The third kappa shape index (κ3) is 3.96. The number of carbonyl (C=O) groups excluding carboxylic acids is 2. The van der Waals surface area contributed by atoms with Crippen molar-refractivity contribution in [3.63, 3.8) is 0 Å². The highest BCUT2D eigenvalue weighted by atomic mass is 16.2. The molecule has 2 amide bonds. The number of hydrogen-bond acceptors (Lipinski definition) is 4. The van der Waals surface area contributed by atoms with Crippen LogP contribution in [0.5, 0.6) is 0 Å². The number of pyridine rings is 1. The van der Waals surface area contributed by atoms with Gasteiger partial charge in [-0.25, -0.2) is 0 Å². The summed E-state index contributed by atoms with van der Waals surface area (Å²) in [6.07, 6.45) is 2.05. The molecule has 2 aromatic rings. The van der Waals surface area contributed by atoms with Gasteiger partial charge in [0.15, 0.2) is 0 Å². The molecule has 8 nitrogen and oxygen atoms in total. The van der Waals surface area contributed by atoms with Crippen LogP contribution in [0.1, 0.15) is 24.7 Å². The van der Waals surface area contributed by atoms with Crippen molar-refractivity contribution in [2.75, 3.05) is 6.54 Å². The van der Waals surface area contributed by atoms with Crippen LogP contribution >= 0.6 is 0 Å². The van der Waals surface area contributed by atoms with E-state index in [2.05, 4.69) is 10.4 Å². The van der Waals surface area contributed by atoms with Crippen molar-refractivity contribution in [3.05, 3.63) is 52.2 Å². The molecule has 1 N–H and O–H groups in total. The quantitative estimate of drug-likeness (QED) is 0.835. The van der Waals surface area contributed by atoms with E-state index in [0.717, 1.165) is 11.4 Å². The minimum Gasteiger partial charge on any atom is -0.350 e. The Hall–Kier alpha value is -2.90. The Morgan fingerprint density at radius 2 is 2.12 bits per heavy atom. The molecule has 0 saturated carbocycles. The lowest BCUT2D eigenvalue weighted by molar-refractivity contribution is -0.133. The van der Waals surface area contributed by atoms with Crippen molar-refractivity contribution < 1.29 is 9.59 Å². The molecule has 0 bridgehead atoms. The minimum absolute atomic E-state index is 0.0175. The second kappa shape index (κ2) is 7.33. The Bertz CT molecular complexity index is 839. The summed E-state index contributed by atoms with van der Waals surface area (Å²) in [5, 5.41) is 7.25. The lowest BCUT2D eigenvalue weighted by Gasteiger charge is -2.27. The van der Waals surface area contributed by atoms with E-state index < -0.39 is 0 Å². The van der Waals surface area contributed by atoms with Crippen molar-refractivity contribution in [1.29, 1.82) is 0 Å². The fourth-order valence-corrected chi connectivity index (χ4v) is 2.78. The summed E-state index contributed by atoms with van der Waals surface area (Å²) < 4.78 is 3.27. The van der Waals surface area contributed by atoms with Gasteiger partial charge < -0.3 is 14.8 Å². The molecule has 0 spiro atoms. The SMILES string of the molecule is CCC(=O)NCc1cc2n(n1)CCN(C(=O)Cn1ccccc1=O)C2. The summed E-state index contributed by atoms with van der Waals surface area (Å²) in [6.45, 7) is 3.83. The van der Waals surface area contributed by atoms with Crippen LogP contribution in [0.4, 0.5) is 0 Å². The zero-order chi connectivity index (χ0) is 17.8. The fraction of sp³-hybridized carbons (Fsp3) is 0.412. The average molecular weight is 343 g/mol. The van der Waals surface area contributed by atoms with E-state index >= 15 is 0 Å². The molecule has 0 aromatic carbocycles. The number of nitrogens with zero attached hydrogens (tertiary/aromatic N) is 4. The molecule has 0 aliphatic carbocycles. The zero-order valence-corrected chi connectivity index (χ0v) is 14.1. The van der Waals surface area contributed by atoms with Crippen molar-refractivity contribution >= 4 is 11.8 Å². The second-order valence-corrected chi connectivity index (χ2v) is 5.96. The molecule has 1 aliphatic heterocycles. The van der Waals surface area contributed by atoms with Gasteiger partial charge in [-0.1, -0.05) is 13.0 Å². The first-order valence-corrected chi connectivity index (χ1v) is 8.32. The van der Waals surface area contributed by atoms with Gasteiger partial charge in [0, 0.05) is 25.2 Å². The number of hydrogen-bond donors (Lipinski definition) is 1. The molecule has 0 radical (unpaired) electrons. The van der Waals surface area contributed by atoms with Crippen LogP contribution in [0.2, 0.25) is 0 Å². The van der Waals surface area contributed by atoms with Gasteiger partial charge in [0.25, 0.3) is 5.56 Å². The van der Waals surface area contributed by atoms with E-state index in [9.17, 15) is 14.4 Å². The summed E-state index contributed by atoms with van der Waals surface area (Å²) in [4.78, 5) is 37.3. The smallest absolute Gasteiger partial charge is 0.250 e. The molecule has 3 rings (SSSR count). The van der Waals surface area contributed by atoms with Gasteiger partial charge in [0.05, 0.1) is 31.0 Å². The van der Waals surface area contributed by atoms with Crippen LogP contribution in [0.25, 0.3) is 0 Å². The number of fused-ring (bicyclic) bond motifs is 1. The number of nitrogens with one attached hydrogen (secondary N) is 1. The molecule has 2 aromatic heterocycles. The summed E-state index contributed by atoms with van der Waals surface area (Å²) >= 11 is 0. The van der Waals surface area contributed by atoms with E-state index in [0.29, 0.717) is 32.6 Å². The van der Waals surface area contributed by atoms with E-state index in [1.165, 1.54) is 10.6 Å². The number of amides is 2. The van der Waals surface area contributed by atoms with Crippen molar-refractivity contribution in [2.45, 2.75) is 39.5 Å². The molecule has 0 unspecified atom stereocenters. The standard InChI is InChI=1S/C17H21N5O3/c1-2-15(23)18-10-13-9-14-11-21(7-8-22(14)19-13)17(25)12-20-6-4-3-5-16(20)24/h3-6,9H,2,7-8,10-12H2,1H3,(H,18,23).